The van der Waals surface area contributed by atoms with Gasteiger partial charge in [-0.25, -0.2) is 9.59 Å². The maximum Gasteiger partial charge on any atom is 0.326 e. The summed E-state index contributed by atoms with van der Waals surface area (Å²) in [5.41, 5.74) is 0. The summed E-state index contributed by atoms with van der Waals surface area (Å²) in [6.45, 7) is 0.194. The van der Waals surface area contributed by atoms with Gasteiger partial charge in [-0.1, -0.05) is 0 Å². The van der Waals surface area contributed by atoms with Gasteiger partial charge >= 0.3 is 12.0 Å². The van der Waals surface area contributed by atoms with E-state index in [9.17, 15) is 14.4 Å². The van der Waals surface area contributed by atoms with E-state index < -0.39 is 18.0 Å². The summed E-state index contributed by atoms with van der Waals surface area (Å²) in [5.74, 6) is -0.494. The van der Waals surface area contributed by atoms with Gasteiger partial charge in [-0.15, -0.1) is 0 Å². The third-order valence-electron chi connectivity index (χ3n) is 2.79. The van der Waals surface area contributed by atoms with Gasteiger partial charge in [-0.3, -0.25) is 4.79 Å². The standard InChI is InChI=1S/C12H21N3O4S/c1-20-7-5-9(11(17)18)15-12(19)13-6-4-10(16)14-8-2-3-8/h8-9H,2-7H2,1H3,(H,14,16)(H,17,18)(H2,13,15,19)/t9-/m0/s1. The van der Waals surface area contributed by atoms with Crippen LogP contribution < -0.4 is 16.0 Å². The Morgan fingerprint density at radius 1 is 1.35 bits per heavy atom. The van der Waals surface area contributed by atoms with E-state index in [1.807, 2.05) is 6.26 Å². The molecule has 0 unspecified atom stereocenters. The predicted molar refractivity (Wildman–Crippen MR) is 76.7 cm³/mol. The summed E-state index contributed by atoms with van der Waals surface area (Å²) in [7, 11) is 0. The molecule has 114 valence electrons. The molecular weight excluding hydrogens is 282 g/mol. The van der Waals surface area contributed by atoms with Crippen molar-refractivity contribution < 1.29 is 19.5 Å². The van der Waals surface area contributed by atoms with Crippen molar-refractivity contribution in [1.29, 1.82) is 0 Å². The zero-order chi connectivity index (χ0) is 15.0. The van der Waals surface area contributed by atoms with Gasteiger partial charge in [0, 0.05) is 19.0 Å². The Balaban J connectivity index is 2.16. The third-order valence-corrected chi connectivity index (χ3v) is 3.44. The lowest BCUT2D eigenvalue weighted by molar-refractivity contribution is -0.139. The van der Waals surface area contributed by atoms with Gasteiger partial charge < -0.3 is 21.1 Å². The molecule has 0 spiro atoms. The van der Waals surface area contributed by atoms with Crippen LogP contribution in [0.1, 0.15) is 25.7 Å². The van der Waals surface area contributed by atoms with Crippen LogP contribution in [0.4, 0.5) is 4.79 Å². The van der Waals surface area contributed by atoms with Crippen molar-refractivity contribution in [3.63, 3.8) is 0 Å². The maximum atomic E-state index is 11.5. The van der Waals surface area contributed by atoms with E-state index in [1.54, 1.807) is 0 Å². The number of carbonyl (C=O) groups is 3. The molecule has 1 saturated carbocycles. The van der Waals surface area contributed by atoms with E-state index in [1.165, 1.54) is 11.8 Å². The molecule has 0 bridgehead atoms. The maximum absolute atomic E-state index is 11.5. The Labute approximate surface area is 122 Å². The highest BCUT2D eigenvalue weighted by molar-refractivity contribution is 7.98. The molecule has 0 radical (unpaired) electrons. The molecule has 7 nitrogen and oxygen atoms in total. The van der Waals surface area contributed by atoms with Gasteiger partial charge in [0.05, 0.1) is 0 Å². The molecule has 3 amide bonds. The van der Waals surface area contributed by atoms with E-state index >= 15 is 0 Å². The summed E-state index contributed by atoms with van der Waals surface area (Å²) in [5, 5.41) is 16.6. The zero-order valence-electron chi connectivity index (χ0n) is 11.5. The van der Waals surface area contributed by atoms with Crippen LogP contribution in [0.3, 0.4) is 0 Å². The smallest absolute Gasteiger partial charge is 0.326 e. The van der Waals surface area contributed by atoms with Crippen molar-refractivity contribution in [3.8, 4) is 0 Å². The average Bonchev–Trinajstić information content (AvgIpc) is 3.17. The summed E-state index contributed by atoms with van der Waals surface area (Å²) < 4.78 is 0. The lowest BCUT2D eigenvalue weighted by atomic mass is 10.2. The van der Waals surface area contributed by atoms with E-state index in [0.717, 1.165) is 12.8 Å². The van der Waals surface area contributed by atoms with Crippen molar-refractivity contribution in [1.82, 2.24) is 16.0 Å². The van der Waals surface area contributed by atoms with E-state index in [-0.39, 0.29) is 18.9 Å². The van der Waals surface area contributed by atoms with Gasteiger partial charge in [0.1, 0.15) is 6.04 Å². The Bertz CT molecular complexity index is 361. The number of thioether (sulfide) groups is 1. The molecule has 1 fully saturated rings. The summed E-state index contributed by atoms with van der Waals surface area (Å²) >= 11 is 1.52. The number of carbonyl (C=O) groups excluding carboxylic acids is 2. The highest BCUT2D eigenvalue weighted by atomic mass is 32.2. The Morgan fingerprint density at radius 3 is 2.60 bits per heavy atom. The minimum Gasteiger partial charge on any atom is -0.480 e. The van der Waals surface area contributed by atoms with E-state index in [2.05, 4.69) is 16.0 Å². The van der Waals surface area contributed by atoms with E-state index in [4.69, 9.17) is 5.11 Å². The van der Waals surface area contributed by atoms with Crippen molar-refractivity contribution in [3.05, 3.63) is 0 Å². The van der Waals surface area contributed by atoms with Crippen LogP contribution in [0.5, 0.6) is 0 Å². The van der Waals surface area contributed by atoms with Crippen LogP contribution in [-0.4, -0.2) is 53.7 Å². The van der Waals surface area contributed by atoms with Gasteiger partial charge in [-0.2, -0.15) is 11.8 Å². The summed E-state index contributed by atoms with van der Waals surface area (Å²) in [4.78, 5) is 33.8. The van der Waals surface area contributed by atoms with Gasteiger partial charge in [0.25, 0.3) is 0 Å². The van der Waals surface area contributed by atoms with Crippen LogP contribution in [0.25, 0.3) is 0 Å². The Morgan fingerprint density at radius 2 is 2.05 bits per heavy atom. The van der Waals surface area contributed by atoms with Crippen molar-refractivity contribution in [2.24, 2.45) is 0 Å². The molecule has 1 aliphatic carbocycles. The van der Waals surface area contributed by atoms with Gasteiger partial charge in [-0.05, 0) is 31.3 Å². The minimum absolute atomic E-state index is 0.0926. The number of urea groups is 1. The highest BCUT2D eigenvalue weighted by Crippen LogP contribution is 2.18. The summed E-state index contributed by atoms with van der Waals surface area (Å²) in [6, 6.07) is -1.15. The normalized spacial score (nSPS) is 15.2. The van der Waals surface area contributed by atoms with Crippen LogP contribution in [0, 0.1) is 0 Å². The van der Waals surface area contributed by atoms with Crippen molar-refractivity contribution >= 4 is 29.7 Å². The average molecular weight is 303 g/mol. The van der Waals surface area contributed by atoms with Crippen molar-refractivity contribution in [2.45, 2.75) is 37.8 Å². The van der Waals surface area contributed by atoms with Crippen LogP contribution in [-0.2, 0) is 9.59 Å². The van der Waals surface area contributed by atoms with Crippen LogP contribution in [0.15, 0.2) is 0 Å². The zero-order valence-corrected chi connectivity index (χ0v) is 12.3. The molecule has 1 aliphatic rings. The van der Waals surface area contributed by atoms with Gasteiger partial charge in [0.15, 0.2) is 0 Å². The number of aliphatic carboxylic acids is 1. The molecule has 0 aliphatic heterocycles. The molecule has 4 N–H and O–H groups in total. The molecule has 8 heteroatoms. The lowest BCUT2D eigenvalue weighted by Gasteiger charge is -2.14. The minimum atomic E-state index is -1.05. The molecule has 20 heavy (non-hydrogen) atoms. The molecule has 0 aromatic rings. The Hall–Kier alpha value is -1.44. The molecule has 0 heterocycles. The van der Waals surface area contributed by atoms with Crippen LogP contribution in [0.2, 0.25) is 0 Å². The second-order valence-corrected chi connectivity index (χ2v) is 5.65. The SMILES string of the molecule is CSCC[C@H](NC(=O)NCCC(=O)NC1CC1)C(=O)O. The van der Waals surface area contributed by atoms with Gasteiger partial charge in [0.2, 0.25) is 5.91 Å². The molecule has 0 saturated heterocycles. The predicted octanol–water partition coefficient (Wildman–Crippen LogP) is 0.161. The molecule has 1 rings (SSSR count). The number of nitrogens with one attached hydrogen (secondary N) is 3. The second kappa shape index (κ2) is 8.68. The first-order chi connectivity index (χ1) is 9.52. The largest absolute Gasteiger partial charge is 0.480 e. The molecule has 0 aromatic carbocycles. The number of rotatable bonds is 9. The Kier molecular flexibility index (Phi) is 7.21. The quantitative estimate of drug-likeness (QED) is 0.485. The molecule has 0 aromatic heterocycles. The monoisotopic (exact) mass is 303 g/mol. The fourth-order valence-electron chi connectivity index (χ4n) is 1.52. The fraction of sp³-hybridized carbons (Fsp3) is 0.750. The highest BCUT2D eigenvalue weighted by Gasteiger charge is 2.23. The number of hydrogen-bond acceptors (Lipinski definition) is 4. The fourth-order valence-corrected chi connectivity index (χ4v) is 1.99. The number of amides is 3. The van der Waals surface area contributed by atoms with E-state index in [0.29, 0.717) is 18.2 Å². The summed E-state index contributed by atoms with van der Waals surface area (Å²) in [6.07, 6.45) is 4.49. The topological polar surface area (TPSA) is 108 Å². The third kappa shape index (κ3) is 7.22. The van der Waals surface area contributed by atoms with Crippen molar-refractivity contribution in [2.75, 3.05) is 18.6 Å². The number of carboxylic acids is 1. The van der Waals surface area contributed by atoms with Crippen LogP contribution >= 0.6 is 11.8 Å². The second-order valence-electron chi connectivity index (χ2n) is 4.66. The first kappa shape index (κ1) is 16.6. The number of carboxylic acid groups (broad SMARTS) is 1. The number of hydrogen-bond donors (Lipinski definition) is 4. The molecular formula is C12H21N3O4S. The first-order valence-electron chi connectivity index (χ1n) is 6.58. The first-order valence-corrected chi connectivity index (χ1v) is 7.97. The molecule has 1 atom stereocenters. The lowest BCUT2D eigenvalue weighted by Crippen LogP contribution is -2.47.